The highest BCUT2D eigenvalue weighted by Gasteiger charge is 2.51. The Kier molecular flexibility index (Phi) is 5.62. The quantitative estimate of drug-likeness (QED) is 0.630. The first-order valence-corrected chi connectivity index (χ1v) is 12.9. The van der Waals surface area contributed by atoms with Gasteiger partial charge in [0, 0.05) is 12.1 Å². The number of hydrogen-bond donors (Lipinski definition) is 1. The van der Waals surface area contributed by atoms with Crippen molar-refractivity contribution in [1.82, 2.24) is 4.90 Å². The monoisotopic (exact) mass is 472 g/mol. The zero-order valence-corrected chi connectivity index (χ0v) is 19.9. The average molecular weight is 473 g/mol. The topological polar surface area (TPSA) is 75.7 Å². The van der Waals surface area contributed by atoms with Gasteiger partial charge in [-0.3, -0.25) is 9.59 Å². The van der Waals surface area contributed by atoms with Gasteiger partial charge in [-0.05, 0) is 91.4 Å². The lowest BCUT2D eigenvalue weighted by Crippen LogP contribution is -2.48. The summed E-state index contributed by atoms with van der Waals surface area (Å²) in [4.78, 5) is 39.1. The van der Waals surface area contributed by atoms with Crippen molar-refractivity contribution in [1.29, 1.82) is 0 Å². The molecule has 3 amide bonds. The van der Waals surface area contributed by atoms with Crippen molar-refractivity contribution in [2.24, 2.45) is 17.8 Å². The minimum absolute atomic E-state index is 0.0591. The van der Waals surface area contributed by atoms with Crippen LogP contribution in [0.5, 0.6) is 0 Å². The minimum atomic E-state index is -0.853. The van der Waals surface area contributed by atoms with Crippen molar-refractivity contribution in [2.75, 3.05) is 5.32 Å². The number of carbonyl (C=O) groups excluding carboxylic acids is 3. The molecule has 6 heteroatoms. The summed E-state index contributed by atoms with van der Waals surface area (Å²) in [5.41, 5.74) is 3.24. The van der Waals surface area contributed by atoms with Crippen LogP contribution in [0.3, 0.4) is 0 Å². The fraction of sp³-hybridized carbons (Fsp3) is 0.483. The summed E-state index contributed by atoms with van der Waals surface area (Å²) < 4.78 is 5.33. The molecular formula is C29H32N2O4. The minimum Gasteiger partial charge on any atom is -0.444 e. The maximum atomic E-state index is 13.0. The van der Waals surface area contributed by atoms with E-state index in [2.05, 4.69) is 17.4 Å². The van der Waals surface area contributed by atoms with Gasteiger partial charge in [0.05, 0.1) is 0 Å². The third-order valence-electron chi connectivity index (χ3n) is 8.72. The zero-order chi connectivity index (χ0) is 24.0. The molecular weight excluding hydrogens is 440 g/mol. The summed E-state index contributed by atoms with van der Waals surface area (Å²) in [5.74, 6) is 1.92. The maximum absolute atomic E-state index is 13.0. The van der Waals surface area contributed by atoms with Crippen LogP contribution in [-0.2, 0) is 26.3 Å². The smallest absolute Gasteiger partial charge is 0.417 e. The van der Waals surface area contributed by atoms with E-state index in [9.17, 15) is 14.4 Å². The van der Waals surface area contributed by atoms with Crippen LogP contribution in [0.4, 0.5) is 10.5 Å². The van der Waals surface area contributed by atoms with E-state index in [1.165, 1.54) is 44.1 Å². The van der Waals surface area contributed by atoms with Crippen molar-refractivity contribution < 1.29 is 19.1 Å². The number of ether oxygens (including phenoxy) is 1. The summed E-state index contributed by atoms with van der Waals surface area (Å²) in [6, 6.07) is 16.7. The molecule has 35 heavy (non-hydrogen) atoms. The molecule has 2 aromatic rings. The Balaban J connectivity index is 1.10. The number of benzene rings is 2. The van der Waals surface area contributed by atoms with Crippen LogP contribution >= 0.6 is 0 Å². The van der Waals surface area contributed by atoms with Gasteiger partial charge in [-0.2, -0.15) is 0 Å². The normalized spacial score (nSPS) is 31.0. The van der Waals surface area contributed by atoms with Gasteiger partial charge in [-0.15, -0.1) is 0 Å². The van der Waals surface area contributed by atoms with E-state index >= 15 is 0 Å². The summed E-state index contributed by atoms with van der Waals surface area (Å²) >= 11 is 0. The average Bonchev–Trinajstić information content (AvgIpc) is 3.24. The Hall–Kier alpha value is -3.15. The second-order valence-electron chi connectivity index (χ2n) is 11.1. The Bertz CT molecular complexity index is 1090. The lowest BCUT2D eigenvalue weighted by Gasteiger charge is -2.57. The second-order valence-corrected chi connectivity index (χ2v) is 11.1. The number of imide groups is 1. The SMILES string of the molecule is O=C(Nc1ccc(C23CC4CC(CC(C4)C2)C3)cc1)[C@H]1CCC(=O)N1C(=O)OCc1ccccc1. The Morgan fingerprint density at radius 1 is 0.914 bits per heavy atom. The summed E-state index contributed by atoms with van der Waals surface area (Å²) in [6.07, 6.45) is 7.83. The number of nitrogens with one attached hydrogen (secondary N) is 1. The number of anilines is 1. The van der Waals surface area contributed by atoms with Gasteiger partial charge in [0.25, 0.3) is 0 Å². The third-order valence-corrected chi connectivity index (χ3v) is 8.72. The molecule has 1 aliphatic heterocycles. The highest BCUT2D eigenvalue weighted by molar-refractivity contribution is 6.04. The Morgan fingerprint density at radius 3 is 2.17 bits per heavy atom. The molecule has 0 aromatic heterocycles. The van der Waals surface area contributed by atoms with E-state index in [-0.39, 0.29) is 24.8 Å². The first-order valence-electron chi connectivity index (χ1n) is 12.9. The first-order chi connectivity index (χ1) is 17.0. The Morgan fingerprint density at radius 2 is 1.54 bits per heavy atom. The lowest BCUT2D eigenvalue weighted by atomic mass is 9.48. The fourth-order valence-electron chi connectivity index (χ4n) is 7.55. The van der Waals surface area contributed by atoms with Crippen LogP contribution in [-0.4, -0.2) is 28.8 Å². The molecule has 4 bridgehead atoms. The number of rotatable bonds is 5. The number of amides is 3. The molecule has 4 aliphatic carbocycles. The van der Waals surface area contributed by atoms with E-state index in [4.69, 9.17) is 4.74 Å². The third kappa shape index (κ3) is 4.24. The molecule has 5 fully saturated rings. The van der Waals surface area contributed by atoms with Crippen LogP contribution in [0.15, 0.2) is 54.6 Å². The fourth-order valence-corrected chi connectivity index (χ4v) is 7.55. The van der Waals surface area contributed by atoms with Crippen molar-refractivity contribution in [3.05, 3.63) is 65.7 Å². The van der Waals surface area contributed by atoms with E-state index in [1.807, 2.05) is 42.5 Å². The van der Waals surface area contributed by atoms with E-state index in [0.717, 1.165) is 28.2 Å². The molecule has 1 heterocycles. The number of carbonyl (C=O) groups is 3. The van der Waals surface area contributed by atoms with Crippen LogP contribution in [0, 0.1) is 17.8 Å². The first kappa shape index (κ1) is 22.3. The van der Waals surface area contributed by atoms with Gasteiger partial charge >= 0.3 is 6.09 Å². The van der Waals surface area contributed by atoms with Gasteiger partial charge < -0.3 is 10.1 Å². The standard InChI is InChI=1S/C29H32N2O4/c32-26-11-10-25(31(26)28(34)35-18-19-4-2-1-3-5-19)27(33)30-24-8-6-23(7-9-24)29-15-20-12-21(16-29)14-22(13-20)17-29/h1-9,20-22,25H,10-18H2,(H,30,33)/t20?,21?,22?,25-,29?/m1/s1. The molecule has 7 rings (SSSR count). The Labute approximate surface area is 206 Å². The van der Waals surface area contributed by atoms with Crippen LogP contribution < -0.4 is 5.32 Å². The van der Waals surface area contributed by atoms with Crippen molar-refractivity contribution in [3.63, 3.8) is 0 Å². The molecule has 4 saturated carbocycles. The number of likely N-dealkylation sites (tertiary alicyclic amines) is 1. The molecule has 1 atom stereocenters. The van der Waals surface area contributed by atoms with Crippen molar-refractivity contribution >= 4 is 23.6 Å². The molecule has 1 N–H and O–H groups in total. The van der Waals surface area contributed by atoms with Crippen LogP contribution in [0.1, 0.15) is 62.5 Å². The molecule has 1 saturated heterocycles. The van der Waals surface area contributed by atoms with Crippen molar-refractivity contribution in [2.45, 2.75) is 69.4 Å². The molecule has 5 aliphatic rings. The van der Waals surface area contributed by atoms with Crippen LogP contribution in [0.25, 0.3) is 0 Å². The largest absolute Gasteiger partial charge is 0.444 e. The van der Waals surface area contributed by atoms with E-state index < -0.39 is 12.1 Å². The predicted octanol–water partition coefficient (Wildman–Crippen LogP) is 5.42. The lowest BCUT2D eigenvalue weighted by molar-refractivity contribution is -0.131. The number of nitrogens with zero attached hydrogens (tertiary/aromatic N) is 1. The van der Waals surface area contributed by atoms with Gasteiger partial charge in [0.15, 0.2) is 0 Å². The molecule has 6 nitrogen and oxygen atoms in total. The highest BCUT2D eigenvalue weighted by Crippen LogP contribution is 2.60. The van der Waals surface area contributed by atoms with Gasteiger partial charge in [0.1, 0.15) is 12.6 Å². The molecule has 0 radical (unpaired) electrons. The molecule has 0 unspecified atom stereocenters. The van der Waals surface area contributed by atoms with Gasteiger partial charge in [0.2, 0.25) is 11.8 Å². The molecule has 0 spiro atoms. The summed E-state index contributed by atoms with van der Waals surface area (Å²) in [6.45, 7) is 0.0591. The maximum Gasteiger partial charge on any atom is 0.417 e. The summed E-state index contributed by atoms with van der Waals surface area (Å²) in [5, 5.41) is 2.92. The van der Waals surface area contributed by atoms with Crippen molar-refractivity contribution in [3.8, 4) is 0 Å². The second kappa shape index (κ2) is 8.81. The molecule has 2 aromatic carbocycles. The van der Waals surface area contributed by atoms with E-state index in [1.54, 1.807) is 0 Å². The predicted molar refractivity (Wildman–Crippen MR) is 131 cm³/mol. The zero-order valence-electron chi connectivity index (χ0n) is 19.9. The highest BCUT2D eigenvalue weighted by atomic mass is 16.6. The van der Waals surface area contributed by atoms with E-state index in [0.29, 0.717) is 17.5 Å². The number of hydrogen-bond acceptors (Lipinski definition) is 4. The van der Waals surface area contributed by atoms with Crippen LogP contribution in [0.2, 0.25) is 0 Å². The van der Waals surface area contributed by atoms with Gasteiger partial charge in [-0.25, -0.2) is 9.69 Å². The molecule has 182 valence electrons. The van der Waals surface area contributed by atoms with Gasteiger partial charge in [-0.1, -0.05) is 42.5 Å². The summed E-state index contributed by atoms with van der Waals surface area (Å²) in [7, 11) is 0.